The molecule has 0 spiro atoms. The summed E-state index contributed by atoms with van der Waals surface area (Å²) in [5.41, 5.74) is 0.955. The van der Waals surface area contributed by atoms with Gasteiger partial charge in [-0.15, -0.1) is 11.3 Å². The van der Waals surface area contributed by atoms with E-state index in [1.165, 1.54) is 22.3 Å². The average Bonchev–Trinajstić information content (AvgIpc) is 3.57. The van der Waals surface area contributed by atoms with Gasteiger partial charge in [0, 0.05) is 23.0 Å². The first kappa shape index (κ1) is 24.3. The Kier molecular flexibility index (Phi) is 7.51. The van der Waals surface area contributed by atoms with Crippen molar-refractivity contribution in [3.05, 3.63) is 81.8 Å². The van der Waals surface area contributed by atoms with Crippen molar-refractivity contribution in [3.8, 4) is 11.5 Å². The normalized spacial score (nSPS) is 15.9. The largest absolute Gasteiger partial charge is 0.454 e. The molecule has 2 aromatic carbocycles. The lowest BCUT2D eigenvalue weighted by Crippen LogP contribution is -2.47. The van der Waals surface area contributed by atoms with Crippen LogP contribution in [0.2, 0.25) is 0 Å². The van der Waals surface area contributed by atoms with Gasteiger partial charge in [-0.3, -0.25) is 9.59 Å². The molecule has 36 heavy (non-hydrogen) atoms. The molecule has 8 heteroatoms. The maximum Gasteiger partial charge on any atom is 0.247 e. The van der Waals surface area contributed by atoms with Gasteiger partial charge in [0.2, 0.25) is 18.6 Å². The highest BCUT2D eigenvalue weighted by atomic mass is 32.1. The first-order chi connectivity index (χ1) is 17.6. The zero-order valence-electron chi connectivity index (χ0n) is 20.0. The van der Waals surface area contributed by atoms with Gasteiger partial charge in [0.15, 0.2) is 11.5 Å². The summed E-state index contributed by atoms with van der Waals surface area (Å²) in [6, 6.07) is 14.4. The van der Waals surface area contributed by atoms with Gasteiger partial charge in [-0.2, -0.15) is 0 Å². The minimum atomic E-state index is -1.11. The fourth-order valence-corrected chi connectivity index (χ4v) is 5.59. The fraction of sp³-hybridized carbons (Fsp3) is 0.357. The third-order valence-corrected chi connectivity index (χ3v) is 7.60. The lowest BCUT2D eigenvalue weighted by molar-refractivity contribution is -0.141. The topological polar surface area (TPSA) is 67.9 Å². The van der Waals surface area contributed by atoms with Crippen molar-refractivity contribution < 1.29 is 23.5 Å². The third kappa shape index (κ3) is 5.54. The highest BCUT2D eigenvalue weighted by molar-refractivity contribution is 7.10. The number of thiophene rings is 1. The average molecular weight is 509 g/mol. The number of ether oxygens (including phenoxy) is 2. The molecule has 2 amide bonds. The van der Waals surface area contributed by atoms with E-state index in [0.717, 1.165) is 42.5 Å². The number of carbonyl (C=O) groups excluding carboxylic acids is 2. The molecule has 0 bridgehead atoms. The van der Waals surface area contributed by atoms with Gasteiger partial charge < -0.3 is 19.7 Å². The quantitative estimate of drug-likeness (QED) is 0.444. The van der Waals surface area contributed by atoms with Crippen LogP contribution in [0, 0.1) is 5.82 Å². The van der Waals surface area contributed by atoms with Gasteiger partial charge in [-0.05, 0) is 48.1 Å². The highest BCUT2D eigenvalue weighted by Crippen LogP contribution is 2.34. The second-order valence-electron chi connectivity index (χ2n) is 9.23. The highest BCUT2D eigenvalue weighted by Gasteiger charge is 2.35. The molecule has 2 aliphatic rings. The number of carbonyl (C=O) groups is 2. The Morgan fingerprint density at radius 2 is 1.83 bits per heavy atom. The van der Waals surface area contributed by atoms with Crippen LogP contribution in [0.1, 0.15) is 54.1 Å². The Hall–Kier alpha value is -3.39. The molecule has 2 heterocycles. The van der Waals surface area contributed by atoms with Crippen LogP contribution in [-0.4, -0.2) is 29.5 Å². The smallest absolute Gasteiger partial charge is 0.247 e. The minimum absolute atomic E-state index is 0.0281. The minimum Gasteiger partial charge on any atom is -0.454 e. The maximum atomic E-state index is 15.1. The van der Waals surface area contributed by atoms with Crippen LogP contribution in [-0.2, 0) is 22.6 Å². The van der Waals surface area contributed by atoms with Gasteiger partial charge in [0.1, 0.15) is 11.9 Å². The van der Waals surface area contributed by atoms with E-state index in [-0.39, 0.29) is 43.2 Å². The fourth-order valence-electron chi connectivity index (χ4n) is 4.90. The standard InChI is InChI=1S/C28H29FN2O4S/c29-23-11-5-4-10-22(23)27(28(33)30-20-7-2-1-3-8-20)31(26(32)16-21-9-6-14-36-21)17-19-12-13-24-25(15-19)35-18-34-24/h4-6,9-15,20,27H,1-3,7-8,16-18H2,(H,30,33)/t27-/m1/s1. The van der Waals surface area contributed by atoms with Crippen molar-refractivity contribution >= 4 is 23.2 Å². The Morgan fingerprint density at radius 3 is 2.61 bits per heavy atom. The molecule has 0 unspecified atom stereocenters. The van der Waals surface area contributed by atoms with Gasteiger partial charge in [-0.25, -0.2) is 4.39 Å². The summed E-state index contributed by atoms with van der Waals surface area (Å²) in [5, 5.41) is 5.04. The maximum absolute atomic E-state index is 15.1. The predicted octanol–water partition coefficient (Wildman–Crippen LogP) is 5.38. The summed E-state index contributed by atoms with van der Waals surface area (Å²) in [6.07, 6.45) is 5.16. The van der Waals surface area contributed by atoms with Crippen molar-refractivity contribution in [2.45, 2.75) is 57.2 Å². The van der Waals surface area contributed by atoms with Crippen molar-refractivity contribution in [3.63, 3.8) is 0 Å². The second kappa shape index (κ2) is 11.1. The van der Waals surface area contributed by atoms with E-state index in [9.17, 15) is 9.59 Å². The SMILES string of the molecule is O=C(NC1CCCCC1)[C@@H](c1ccccc1F)N(Cc1ccc2c(c1)OCO2)C(=O)Cc1cccs1. The summed E-state index contributed by atoms with van der Waals surface area (Å²) in [6.45, 7) is 0.263. The van der Waals surface area contributed by atoms with Crippen LogP contribution in [0.3, 0.4) is 0 Å². The summed E-state index contributed by atoms with van der Waals surface area (Å²) in [4.78, 5) is 29.9. The number of hydrogen-bond acceptors (Lipinski definition) is 5. The van der Waals surface area contributed by atoms with Crippen LogP contribution >= 0.6 is 11.3 Å². The number of amides is 2. The molecule has 1 saturated carbocycles. The van der Waals surface area contributed by atoms with Crippen LogP contribution in [0.15, 0.2) is 60.0 Å². The van der Waals surface area contributed by atoms with E-state index in [0.29, 0.717) is 11.5 Å². The number of halogens is 1. The lowest BCUT2D eigenvalue weighted by Gasteiger charge is -2.33. The van der Waals surface area contributed by atoms with Crippen molar-refractivity contribution in [2.24, 2.45) is 0 Å². The lowest BCUT2D eigenvalue weighted by atomic mass is 9.94. The molecule has 1 N–H and O–H groups in total. The number of hydrogen-bond donors (Lipinski definition) is 1. The van der Waals surface area contributed by atoms with E-state index in [2.05, 4.69) is 5.32 Å². The Labute approximate surface area is 214 Å². The number of fused-ring (bicyclic) bond motifs is 1. The molecule has 0 radical (unpaired) electrons. The molecular weight excluding hydrogens is 479 g/mol. The zero-order chi connectivity index (χ0) is 24.9. The van der Waals surface area contributed by atoms with E-state index >= 15 is 4.39 Å². The molecule has 1 aliphatic carbocycles. The van der Waals surface area contributed by atoms with E-state index in [1.807, 2.05) is 29.6 Å². The van der Waals surface area contributed by atoms with Crippen LogP contribution in [0.5, 0.6) is 11.5 Å². The molecule has 188 valence electrons. The Balaban J connectivity index is 1.50. The second-order valence-corrected chi connectivity index (χ2v) is 10.3. The molecule has 1 atom stereocenters. The first-order valence-electron chi connectivity index (χ1n) is 12.3. The summed E-state index contributed by atoms with van der Waals surface area (Å²) >= 11 is 1.48. The summed E-state index contributed by atoms with van der Waals surface area (Å²) in [5.74, 6) is 0.110. The number of benzene rings is 2. The molecular formula is C28H29FN2O4S. The van der Waals surface area contributed by atoms with Crippen LogP contribution in [0.25, 0.3) is 0 Å². The van der Waals surface area contributed by atoms with Crippen LogP contribution < -0.4 is 14.8 Å². The molecule has 1 aromatic heterocycles. The Bertz CT molecular complexity index is 1210. The summed E-state index contributed by atoms with van der Waals surface area (Å²) in [7, 11) is 0. The van der Waals surface area contributed by atoms with Crippen molar-refractivity contribution in [2.75, 3.05) is 6.79 Å². The number of nitrogens with one attached hydrogen (secondary N) is 1. The Morgan fingerprint density at radius 1 is 1.03 bits per heavy atom. The van der Waals surface area contributed by atoms with Crippen molar-refractivity contribution in [1.29, 1.82) is 0 Å². The van der Waals surface area contributed by atoms with E-state index < -0.39 is 11.9 Å². The number of nitrogens with zero attached hydrogens (tertiary/aromatic N) is 1. The predicted molar refractivity (Wildman–Crippen MR) is 135 cm³/mol. The summed E-state index contributed by atoms with van der Waals surface area (Å²) < 4.78 is 26.1. The van der Waals surface area contributed by atoms with Gasteiger partial charge in [0.05, 0.1) is 6.42 Å². The number of rotatable bonds is 8. The first-order valence-corrected chi connectivity index (χ1v) is 13.2. The monoisotopic (exact) mass is 508 g/mol. The molecule has 1 fully saturated rings. The van der Waals surface area contributed by atoms with E-state index in [1.54, 1.807) is 24.3 Å². The van der Waals surface area contributed by atoms with Crippen LogP contribution in [0.4, 0.5) is 4.39 Å². The molecule has 6 nitrogen and oxygen atoms in total. The molecule has 5 rings (SSSR count). The van der Waals surface area contributed by atoms with Gasteiger partial charge >= 0.3 is 0 Å². The molecule has 1 aliphatic heterocycles. The van der Waals surface area contributed by atoms with Crippen molar-refractivity contribution in [1.82, 2.24) is 10.2 Å². The van der Waals surface area contributed by atoms with E-state index in [4.69, 9.17) is 9.47 Å². The third-order valence-electron chi connectivity index (χ3n) is 6.73. The molecule has 0 saturated heterocycles. The molecule has 3 aromatic rings. The van der Waals surface area contributed by atoms with Gasteiger partial charge in [0.25, 0.3) is 0 Å². The van der Waals surface area contributed by atoms with Gasteiger partial charge in [-0.1, -0.05) is 49.6 Å². The zero-order valence-corrected chi connectivity index (χ0v) is 20.8.